The normalized spacial score (nSPS) is 16.7. The molecule has 0 aliphatic carbocycles. The SMILES string of the molecule is NCCN(CCN1CCOCC1)c1ccccc1. The first-order valence-corrected chi connectivity index (χ1v) is 6.70. The summed E-state index contributed by atoms with van der Waals surface area (Å²) in [7, 11) is 0. The van der Waals surface area contributed by atoms with Crippen LogP contribution in [-0.4, -0.2) is 57.4 Å². The van der Waals surface area contributed by atoms with Crippen molar-refractivity contribution in [3.8, 4) is 0 Å². The Hall–Kier alpha value is -1.10. The van der Waals surface area contributed by atoms with Gasteiger partial charge in [-0.05, 0) is 12.1 Å². The summed E-state index contributed by atoms with van der Waals surface area (Å²) in [6, 6.07) is 10.5. The van der Waals surface area contributed by atoms with E-state index in [1.54, 1.807) is 0 Å². The molecule has 0 unspecified atom stereocenters. The van der Waals surface area contributed by atoms with Gasteiger partial charge in [0.2, 0.25) is 0 Å². The van der Waals surface area contributed by atoms with Crippen molar-refractivity contribution in [2.75, 3.05) is 57.4 Å². The van der Waals surface area contributed by atoms with Crippen molar-refractivity contribution in [3.63, 3.8) is 0 Å². The van der Waals surface area contributed by atoms with Crippen molar-refractivity contribution < 1.29 is 4.74 Å². The molecule has 4 heteroatoms. The van der Waals surface area contributed by atoms with Gasteiger partial charge >= 0.3 is 0 Å². The number of nitrogens with two attached hydrogens (primary N) is 1. The van der Waals surface area contributed by atoms with Crippen molar-refractivity contribution in [2.45, 2.75) is 0 Å². The van der Waals surface area contributed by atoms with E-state index in [0.717, 1.165) is 45.9 Å². The van der Waals surface area contributed by atoms with Crippen LogP contribution in [-0.2, 0) is 4.74 Å². The lowest BCUT2D eigenvalue weighted by Gasteiger charge is -2.31. The Morgan fingerprint density at radius 3 is 2.50 bits per heavy atom. The zero-order chi connectivity index (χ0) is 12.6. The highest BCUT2D eigenvalue weighted by atomic mass is 16.5. The molecular formula is C14H23N3O. The van der Waals surface area contributed by atoms with Gasteiger partial charge in [0.05, 0.1) is 13.2 Å². The van der Waals surface area contributed by atoms with Gasteiger partial charge < -0.3 is 15.4 Å². The molecule has 1 fully saturated rings. The lowest BCUT2D eigenvalue weighted by molar-refractivity contribution is 0.0392. The number of morpholine rings is 1. The van der Waals surface area contributed by atoms with Crippen LogP contribution in [0.1, 0.15) is 0 Å². The zero-order valence-electron chi connectivity index (χ0n) is 10.9. The molecule has 0 saturated carbocycles. The van der Waals surface area contributed by atoms with E-state index in [0.29, 0.717) is 6.54 Å². The Morgan fingerprint density at radius 1 is 1.11 bits per heavy atom. The molecule has 1 aromatic carbocycles. The van der Waals surface area contributed by atoms with E-state index < -0.39 is 0 Å². The Morgan fingerprint density at radius 2 is 1.83 bits per heavy atom. The van der Waals surface area contributed by atoms with Gasteiger partial charge in [-0.25, -0.2) is 0 Å². The van der Waals surface area contributed by atoms with Crippen molar-refractivity contribution in [1.29, 1.82) is 0 Å². The van der Waals surface area contributed by atoms with Gasteiger partial charge in [-0.1, -0.05) is 18.2 Å². The third-order valence-electron chi connectivity index (χ3n) is 3.31. The molecule has 100 valence electrons. The summed E-state index contributed by atoms with van der Waals surface area (Å²) in [5.74, 6) is 0. The highest BCUT2D eigenvalue weighted by Gasteiger charge is 2.12. The van der Waals surface area contributed by atoms with Gasteiger partial charge in [-0.3, -0.25) is 4.90 Å². The van der Waals surface area contributed by atoms with Crippen LogP contribution in [0.25, 0.3) is 0 Å². The van der Waals surface area contributed by atoms with Crippen LogP contribution in [0, 0.1) is 0 Å². The number of ether oxygens (including phenoxy) is 1. The van der Waals surface area contributed by atoms with Crippen molar-refractivity contribution >= 4 is 5.69 Å². The molecule has 18 heavy (non-hydrogen) atoms. The van der Waals surface area contributed by atoms with Gasteiger partial charge in [0.1, 0.15) is 0 Å². The second kappa shape index (κ2) is 7.36. The smallest absolute Gasteiger partial charge is 0.0594 e. The maximum atomic E-state index is 5.70. The molecular weight excluding hydrogens is 226 g/mol. The van der Waals surface area contributed by atoms with Gasteiger partial charge in [0.25, 0.3) is 0 Å². The summed E-state index contributed by atoms with van der Waals surface area (Å²) in [5.41, 5.74) is 6.96. The van der Waals surface area contributed by atoms with Crippen LogP contribution in [0.15, 0.2) is 30.3 Å². The molecule has 0 amide bonds. The lowest BCUT2D eigenvalue weighted by atomic mass is 10.2. The first-order valence-electron chi connectivity index (χ1n) is 6.70. The average Bonchev–Trinajstić information content (AvgIpc) is 2.45. The van der Waals surface area contributed by atoms with Crippen molar-refractivity contribution in [3.05, 3.63) is 30.3 Å². The Balaban J connectivity index is 1.86. The van der Waals surface area contributed by atoms with Gasteiger partial charge in [-0.15, -0.1) is 0 Å². The molecule has 1 aliphatic heterocycles. The summed E-state index contributed by atoms with van der Waals surface area (Å²) < 4.78 is 5.36. The van der Waals surface area contributed by atoms with E-state index in [9.17, 15) is 0 Å². The predicted molar refractivity (Wildman–Crippen MR) is 75.0 cm³/mol. The highest BCUT2D eigenvalue weighted by molar-refractivity contribution is 5.45. The summed E-state index contributed by atoms with van der Waals surface area (Å²) >= 11 is 0. The molecule has 2 N–H and O–H groups in total. The molecule has 4 nitrogen and oxygen atoms in total. The van der Waals surface area contributed by atoms with Gasteiger partial charge in [0, 0.05) is 45.0 Å². The fraction of sp³-hybridized carbons (Fsp3) is 0.571. The molecule has 0 bridgehead atoms. The number of benzene rings is 1. The molecule has 1 heterocycles. The molecule has 1 aliphatic rings. The minimum atomic E-state index is 0.692. The maximum Gasteiger partial charge on any atom is 0.0594 e. The second-order valence-corrected chi connectivity index (χ2v) is 4.57. The highest BCUT2D eigenvalue weighted by Crippen LogP contribution is 2.12. The summed E-state index contributed by atoms with van der Waals surface area (Å²) in [6.45, 7) is 7.53. The van der Waals surface area contributed by atoms with E-state index in [4.69, 9.17) is 10.5 Å². The Labute approximate surface area is 109 Å². The fourth-order valence-corrected chi connectivity index (χ4v) is 2.25. The van der Waals surface area contributed by atoms with Crippen LogP contribution in [0.2, 0.25) is 0 Å². The van der Waals surface area contributed by atoms with Crippen LogP contribution in [0.3, 0.4) is 0 Å². The van der Waals surface area contributed by atoms with Crippen LogP contribution in [0.4, 0.5) is 5.69 Å². The maximum absolute atomic E-state index is 5.70. The molecule has 1 saturated heterocycles. The van der Waals surface area contributed by atoms with Crippen LogP contribution >= 0.6 is 0 Å². The number of hydrogen-bond acceptors (Lipinski definition) is 4. The first-order chi connectivity index (χ1) is 8.90. The predicted octanol–water partition coefficient (Wildman–Crippen LogP) is 0.784. The summed E-state index contributed by atoms with van der Waals surface area (Å²) in [6.07, 6.45) is 0. The third-order valence-corrected chi connectivity index (χ3v) is 3.31. The minimum Gasteiger partial charge on any atom is -0.379 e. The molecule has 2 rings (SSSR count). The number of rotatable bonds is 6. The lowest BCUT2D eigenvalue weighted by Crippen LogP contribution is -2.42. The topological polar surface area (TPSA) is 41.7 Å². The largest absolute Gasteiger partial charge is 0.379 e. The number of anilines is 1. The molecule has 0 atom stereocenters. The molecule has 0 radical (unpaired) electrons. The second-order valence-electron chi connectivity index (χ2n) is 4.57. The summed E-state index contributed by atoms with van der Waals surface area (Å²) in [5, 5.41) is 0. The minimum absolute atomic E-state index is 0.692. The number of para-hydroxylation sites is 1. The van der Waals surface area contributed by atoms with E-state index in [-0.39, 0.29) is 0 Å². The van der Waals surface area contributed by atoms with Crippen molar-refractivity contribution in [1.82, 2.24) is 4.90 Å². The standard InChI is InChI=1S/C14H23N3O/c15-6-7-17(14-4-2-1-3-5-14)9-8-16-10-12-18-13-11-16/h1-5H,6-13,15H2. The van der Waals surface area contributed by atoms with Crippen LogP contribution < -0.4 is 10.6 Å². The van der Waals surface area contributed by atoms with E-state index in [1.165, 1.54) is 5.69 Å². The molecule has 0 aromatic heterocycles. The quantitative estimate of drug-likeness (QED) is 0.809. The van der Waals surface area contributed by atoms with E-state index in [2.05, 4.69) is 34.1 Å². The Bertz CT molecular complexity index is 325. The molecule has 0 spiro atoms. The molecule has 1 aromatic rings. The monoisotopic (exact) mass is 249 g/mol. The Kier molecular flexibility index (Phi) is 5.45. The summed E-state index contributed by atoms with van der Waals surface area (Å²) in [4.78, 5) is 4.81. The fourth-order valence-electron chi connectivity index (χ4n) is 2.25. The first kappa shape index (κ1) is 13.3. The zero-order valence-corrected chi connectivity index (χ0v) is 10.9. The number of nitrogens with zero attached hydrogens (tertiary/aromatic N) is 2. The van der Waals surface area contributed by atoms with E-state index >= 15 is 0 Å². The van der Waals surface area contributed by atoms with Crippen LogP contribution in [0.5, 0.6) is 0 Å². The average molecular weight is 249 g/mol. The number of hydrogen-bond donors (Lipinski definition) is 1. The van der Waals surface area contributed by atoms with E-state index in [1.807, 2.05) is 6.07 Å². The van der Waals surface area contributed by atoms with Crippen molar-refractivity contribution in [2.24, 2.45) is 5.73 Å². The third kappa shape index (κ3) is 3.98. The van der Waals surface area contributed by atoms with Gasteiger partial charge in [0.15, 0.2) is 0 Å². The van der Waals surface area contributed by atoms with Gasteiger partial charge in [-0.2, -0.15) is 0 Å².